The number of carbonyl (C=O) groups is 1. The molecule has 0 saturated carbocycles. The highest BCUT2D eigenvalue weighted by atomic mass is 16.5. The minimum atomic E-state index is 0.211. The van der Waals surface area contributed by atoms with E-state index in [0.29, 0.717) is 13.0 Å². The Balaban J connectivity index is 1.40. The molecule has 0 aliphatic carbocycles. The summed E-state index contributed by atoms with van der Waals surface area (Å²) in [4.78, 5) is 24.2. The summed E-state index contributed by atoms with van der Waals surface area (Å²) in [6.07, 6.45) is 6.97. The van der Waals surface area contributed by atoms with E-state index in [1.807, 2.05) is 47.6 Å². The molecule has 1 aliphatic rings. The van der Waals surface area contributed by atoms with Crippen LogP contribution in [0.2, 0.25) is 0 Å². The smallest absolute Gasteiger partial charge is 0.222 e. The van der Waals surface area contributed by atoms with Crippen molar-refractivity contribution in [2.75, 3.05) is 20.2 Å². The molecule has 0 unspecified atom stereocenters. The predicted molar refractivity (Wildman–Crippen MR) is 122 cm³/mol. The summed E-state index contributed by atoms with van der Waals surface area (Å²) in [6, 6.07) is 16.3. The van der Waals surface area contributed by atoms with Crippen LogP contribution in [0.5, 0.6) is 5.75 Å². The summed E-state index contributed by atoms with van der Waals surface area (Å²) < 4.78 is 5.20. The molecule has 1 aromatic heterocycles. The van der Waals surface area contributed by atoms with Crippen molar-refractivity contribution in [1.29, 1.82) is 0 Å². The normalized spacial score (nSPS) is 16.2. The molecule has 0 radical (unpaired) electrons. The number of nitrogens with zero attached hydrogens (tertiary/aromatic N) is 3. The number of hydrogen-bond acceptors (Lipinski definition) is 4. The molecule has 2 heterocycles. The van der Waals surface area contributed by atoms with Gasteiger partial charge in [0.05, 0.1) is 24.7 Å². The van der Waals surface area contributed by atoms with Gasteiger partial charge in [-0.2, -0.15) is 0 Å². The van der Waals surface area contributed by atoms with Crippen molar-refractivity contribution in [3.63, 3.8) is 0 Å². The van der Waals surface area contributed by atoms with Gasteiger partial charge in [0.1, 0.15) is 5.75 Å². The number of aromatic nitrogens is 2. The topological polar surface area (TPSA) is 55.3 Å². The fourth-order valence-corrected chi connectivity index (χ4v) is 4.17. The lowest BCUT2D eigenvalue weighted by molar-refractivity contribution is -0.132. The molecule has 31 heavy (non-hydrogen) atoms. The van der Waals surface area contributed by atoms with E-state index in [2.05, 4.69) is 30.1 Å². The summed E-state index contributed by atoms with van der Waals surface area (Å²) in [6.45, 7) is 3.62. The Morgan fingerprint density at radius 2 is 2.00 bits per heavy atom. The van der Waals surface area contributed by atoms with E-state index in [1.165, 1.54) is 5.56 Å². The maximum atomic E-state index is 12.9. The zero-order valence-electron chi connectivity index (χ0n) is 18.3. The summed E-state index contributed by atoms with van der Waals surface area (Å²) in [5, 5.41) is 0. The van der Waals surface area contributed by atoms with Crippen LogP contribution in [0.4, 0.5) is 0 Å². The molecule has 5 nitrogen and oxygen atoms in total. The lowest BCUT2D eigenvalue weighted by atomic mass is 9.94. The van der Waals surface area contributed by atoms with Crippen molar-refractivity contribution in [3.05, 3.63) is 77.7 Å². The van der Waals surface area contributed by atoms with Gasteiger partial charge in [0.15, 0.2) is 0 Å². The second-order valence-corrected chi connectivity index (χ2v) is 8.23. The molecule has 0 bridgehead atoms. The van der Waals surface area contributed by atoms with Gasteiger partial charge in [-0.05, 0) is 49.9 Å². The molecule has 0 N–H and O–H groups in total. The number of ether oxygens (including phenoxy) is 1. The number of likely N-dealkylation sites (tertiary alicyclic amines) is 1. The molecule has 160 valence electrons. The number of benzene rings is 2. The Kier molecular flexibility index (Phi) is 6.60. The van der Waals surface area contributed by atoms with Crippen LogP contribution in [-0.2, 0) is 11.2 Å². The average Bonchev–Trinajstić information content (AvgIpc) is 2.83. The van der Waals surface area contributed by atoms with Crippen LogP contribution in [0, 0.1) is 6.92 Å². The molecular formula is C26H29N3O2. The van der Waals surface area contributed by atoms with Crippen LogP contribution < -0.4 is 4.74 Å². The summed E-state index contributed by atoms with van der Waals surface area (Å²) in [7, 11) is 1.66. The van der Waals surface area contributed by atoms with Gasteiger partial charge in [-0.25, -0.2) is 4.98 Å². The molecule has 1 saturated heterocycles. The van der Waals surface area contributed by atoms with Crippen molar-refractivity contribution >= 4 is 5.91 Å². The fraction of sp³-hybridized carbons (Fsp3) is 0.346. The molecule has 1 amide bonds. The lowest BCUT2D eigenvalue weighted by Gasteiger charge is -2.32. The molecule has 1 atom stereocenters. The number of amides is 1. The first-order chi connectivity index (χ1) is 15.1. The Labute approximate surface area is 184 Å². The van der Waals surface area contributed by atoms with Gasteiger partial charge in [-0.3, -0.25) is 9.78 Å². The van der Waals surface area contributed by atoms with Gasteiger partial charge in [0.25, 0.3) is 0 Å². The molecule has 4 rings (SSSR count). The SMILES string of the molecule is COc1ccc(CCC(=O)N2CCC[C@H](c3cncc(-c4cccc(C)c4)n3)C2)cc1. The first-order valence-corrected chi connectivity index (χ1v) is 10.9. The molecule has 0 spiro atoms. The van der Waals surface area contributed by atoms with Gasteiger partial charge in [-0.1, -0.05) is 35.9 Å². The highest BCUT2D eigenvalue weighted by Crippen LogP contribution is 2.28. The van der Waals surface area contributed by atoms with E-state index in [4.69, 9.17) is 9.72 Å². The second-order valence-electron chi connectivity index (χ2n) is 8.23. The molecule has 2 aromatic carbocycles. The first kappa shape index (κ1) is 21.0. The van der Waals surface area contributed by atoms with Crippen LogP contribution >= 0.6 is 0 Å². The van der Waals surface area contributed by atoms with E-state index < -0.39 is 0 Å². The molecule has 1 aliphatic heterocycles. The summed E-state index contributed by atoms with van der Waals surface area (Å²) in [5.74, 6) is 1.28. The third-order valence-electron chi connectivity index (χ3n) is 5.95. The average molecular weight is 416 g/mol. The van der Waals surface area contributed by atoms with Crippen molar-refractivity contribution < 1.29 is 9.53 Å². The number of carbonyl (C=O) groups excluding carboxylic acids is 1. The van der Waals surface area contributed by atoms with Crippen molar-refractivity contribution in [1.82, 2.24) is 14.9 Å². The van der Waals surface area contributed by atoms with Crippen molar-refractivity contribution in [2.24, 2.45) is 0 Å². The third-order valence-corrected chi connectivity index (χ3v) is 5.95. The number of rotatable bonds is 6. The van der Waals surface area contributed by atoms with Gasteiger partial charge in [-0.15, -0.1) is 0 Å². The van der Waals surface area contributed by atoms with Crippen molar-refractivity contribution in [3.8, 4) is 17.0 Å². The summed E-state index contributed by atoms with van der Waals surface area (Å²) >= 11 is 0. The van der Waals surface area contributed by atoms with E-state index in [9.17, 15) is 4.79 Å². The van der Waals surface area contributed by atoms with Gasteiger partial charge < -0.3 is 9.64 Å². The molecule has 1 fully saturated rings. The van der Waals surface area contributed by atoms with Crippen LogP contribution in [0.15, 0.2) is 60.9 Å². The number of piperidine rings is 1. The van der Waals surface area contributed by atoms with E-state index in [0.717, 1.165) is 54.1 Å². The van der Waals surface area contributed by atoms with E-state index in [1.54, 1.807) is 7.11 Å². The molecule has 3 aromatic rings. The molecular weight excluding hydrogens is 386 g/mol. The Hall–Kier alpha value is -3.21. The zero-order valence-corrected chi connectivity index (χ0v) is 18.3. The maximum Gasteiger partial charge on any atom is 0.222 e. The van der Waals surface area contributed by atoms with E-state index in [-0.39, 0.29) is 11.8 Å². The lowest BCUT2D eigenvalue weighted by Crippen LogP contribution is -2.39. The van der Waals surface area contributed by atoms with Crippen LogP contribution in [0.25, 0.3) is 11.3 Å². The zero-order chi connectivity index (χ0) is 21.6. The van der Waals surface area contributed by atoms with Crippen LogP contribution in [-0.4, -0.2) is 41.0 Å². The maximum absolute atomic E-state index is 12.9. The Morgan fingerprint density at radius 1 is 1.16 bits per heavy atom. The minimum Gasteiger partial charge on any atom is -0.497 e. The highest BCUT2D eigenvalue weighted by molar-refractivity contribution is 5.76. The Morgan fingerprint density at radius 3 is 2.77 bits per heavy atom. The van der Waals surface area contributed by atoms with Crippen LogP contribution in [0.1, 0.15) is 42.0 Å². The van der Waals surface area contributed by atoms with Gasteiger partial charge >= 0.3 is 0 Å². The Bertz CT molecular complexity index is 1030. The first-order valence-electron chi connectivity index (χ1n) is 10.9. The number of aryl methyl sites for hydroxylation is 2. The van der Waals surface area contributed by atoms with Crippen molar-refractivity contribution in [2.45, 2.75) is 38.5 Å². The summed E-state index contributed by atoms with van der Waals surface area (Å²) in [5.41, 5.74) is 5.31. The number of methoxy groups -OCH3 is 1. The minimum absolute atomic E-state index is 0.211. The quantitative estimate of drug-likeness (QED) is 0.580. The second kappa shape index (κ2) is 9.73. The standard InChI is InChI=1S/C26H29N3O2/c1-19-5-3-6-21(15-19)24-16-27-17-25(28-24)22-7-4-14-29(18-22)26(30)13-10-20-8-11-23(31-2)12-9-20/h3,5-6,8-9,11-12,15-17,22H,4,7,10,13-14,18H2,1-2H3/t22-/m0/s1. The third kappa shape index (κ3) is 5.29. The predicted octanol–water partition coefficient (Wildman–Crippen LogP) is 4.80. The highest BCUT2D eigenvalue weighted by Gasteiger charge is 2.26. The largest absolute Gasteiger partial charge is 0.497 e. The van der Waals surface area contributed by atoms with Gasteiger partial charge in [0.2, 0.25) is 5.91 Å². The number of hydrogen-bond donors (Lipinski definition) is 0. The molecule has 5 heteroatoms. The monoisotopic (exact) mass is 415 g/mol. The van der Waals surface area contributed by atoms with Crippen LogP contribution in [0.3, 0.4) is 0 Å². The van der Waals surface area contributed by atoms with E-state index >= 15 is 0 Å². The van der Waals surface area contributed by atoms with Gasteiger partial charge in [0, 0.05) is 37.2 Å². The fourth-order valence-electron chi connectivity index (χ4n) is 4.17.